The third kappa shape index (κ3) is 14.8. The molecule has 7 rings (SSSR count). The van der Waals surface area contributed by atoms with Gasteiger partial charge in [0, 0.05) is 45.4 Å². The number of phenolic OH excluding ortho intramolecular Hbond substituents is 1. The van der Waals surface area contributed by atoms with Crippen molar-refractivity contribution in [2.45, 2.75) is 171 Å². The maximum atomic E-state index is 14.8. The zero-order chi connectivity index (χ0) is 58.7. The zero-order valence-corrected chi connectivity index (χ0v) is 46.1. The average Bonchev–Trinajstić information content (AvgIpc) is 4.32. The highest BCUT2D eigenvalue weighted by atomic mass is 16.3. The van der Waals surface area contributed by atoms with E-state index in [1.165, 1.54) is 45.9 Å². The Kier molecular flexibility index (Phi) is 20.8. The molecule has 25 heteroatoms. The van der Waals surface area contributed by atoms with Crippen LogP contribution in [0.3, 0.4) is 0 Å². The molecule has 5 heterocycles. The van der Waals surface area contributed by atoms with Gasteiger partial charge in [0.15, 0.2) is 0 Å². The summed E-state index contributed by atoms with van der Waals surface area (Å²) in [4.78, 5) is 162. The standard InChI is InChI=1S/C56H77N11O14/c1-4-31(2)45-52(77)61-39(30-68)53(78)66-26-10-16-42(66)55(80)67-27-11-17-43(67)54(79)64-24-8-14-40(64)50(75)60-38(29-34-18-20-35(70)21-19-34)49(74)59-37(28-33-12-6-5-7-13-33)48(73)58-36(22-23-44(57)71)47(72)63-46(32(3)69)56(81)65-25-9-15-41(65)51(76)62-45/h5-7,12-13,18-21,31-32,36-43,45-46,68-70H,4,8-11,14-17,22-30H2,1-3H3,(H2,57,71)(H,58,73)(H,59,74)(H,60,75)(H,61,77)(H,62,76)(H,63,72)/t31-,32+,36-,37-,38-,39-,40-,41-,42-,43-,45-,46-/m0/s1. The second kappa shape index (κ2) is 27.7. The van der Waals surface area contributed by atoms with E-state index in [1.54, 1.807) is 44.2 Å². The summed E-state index contributed by atoms with van der Waals surface area (Å²) in [5, 5.41) is 47.7. The van der Waals surface area contributed by atoms with E-state index in [0.717, 1.165) is 4.90 Å². The van der Waals surface area contributed by atoms with E-state index in [1.807, 2.05) is 0 Å². The number of amides is 11. The number of carbonyl (C=O) groups is 11. The number of nitrogens with two attached hydrogens (primary N) is 1. The summed E-state index contributed by atoms with van der Waals surface area (Å²) in [6.45, 7) is 4.21. The molecule has 2 aromatic carbocycles. The highest BCUT2D eigenvalue weighted by Crippen LogP contribution is 2.30. The van der Waals surface area contributed by atoms with Crippen LogP contribution in [0.25, 0.3) is 0 Å². The number of hydrogen-bond donors (Lipinski definition) is 10. The third-order valence-corrected chi connectivity index (χ3v) is 16.2. The molecule has 11 amide bonds. The molecule has 81 heavy (non-hydrogen) atoms. The van der Waals surface area contributed by atoms with Gasteiger partial charge in [-0.05, 0) is 93.9 Å². The fraction of sp³-hybridized carbons (Fsp3) is 0.589. The van der Waals surface area contributed by atoms with Gasteiger partial charge in [-0.2, -0.15) is 0 Å². The Morgan fingerprint density at radius 3 is 1.46 bits per heavy atom. The van der Waals surface area contributed by atoms with Crippen LogP contribution in [0.4, 0.5) is 0 Å². The van der Waals surface area contributed by atoms with E-state index in [0.29, 0.717) is 43.2 Å². The smallest absolute Gasteiger partial charge is 0.248 e. The van der Waals surface area contributed by atoms with Crippen molar-refractivity contribution >= 4 is 65.0 Å². The van der Waals surface area contributed by atoms with Crippen LogP contribution in [0.5, 0.6) is 5.75 Å². The number of rotatable bonds is 11. The van der Waals surface area contributed by atoms with Gasteiger partial charge in [-0.1, -0.05) is 62.7 Å². The molecular weight excluding hydrogens is 1050 g/mol. The molecule has 0 aromatic heterocycles. The lowest BCUT2D eigenvalue weighted by Crippen LogP contribution is -2.63. The number of nitrogens with zero attached hydrogens (tertiary/aromatic N) is 4. The molecule has 5 fully saturated rings. The van der Waals surface area contributed by atoms with Crippen LogP contribution in [-0.2, 0) is 65.6 Å². The maximum Gasteiger partial charge on any atom is 0.248 e. The molecule has 0 aliphatic carbocycles. The van der Waals surface area contributed by atoms with Gasteiger partial charge < -0.3 is 72.6 Å². The topological polar surface area (TPSA) is 360 Å². The number of aromatic hydroxyl groups is 1. The molecule has 0 bridgehead atoms. The van der Waals surface area contributed by atoms with Crippen LogP contribution < -0.4 is 37.6 Å². The van der Waals surface area contributed by atoms with Gasteiger partial charge in [0.05, 0.1) is 12.7 Å². The molecular formula is C56H77N11O14. The van der Waals surface area contributed by atoms with Crippen molar-refractivity contribution in [1.29, 1.82) is 0 Å². The van der Waals surface area contributed by atoms with E-state index in [2.05, 4.69) is 31.9 Å². The van der Waals surface area contributed by atoms with Gasteiger partial charge in [-0.25, -0.2) is 0 Å². The molecule has 5 saturated heterocycles. The summed E-state index contributed by atoms with van der Waals surface area (Å²) < 4.78 is 0. The van der Waals surface area contributed by atoms with Crippen LogP contribution in [0, 0.1) is 5.92 Å². The summed E-state index contributed by atoms with van der Waals surface area (Å²) in [5.74, 6) is -9.25. The highest BCUT2D eigenvalue weighted by molar-refractivity contribution is 6.00. The molecule has 440 valence electrons. The number of aliphatic hydroxyl groups is 2. The van der Waals surface area contributed by atoms with E-state index < -0.39 is 157 Å². The summed E-state index contributed by atoms with van der Waals surface area (Å²) in [6.07, 6.45) is -0.107. The molecule has 5 aliphatic rings. The van der Waals surface area contributed by atoms with Gasteiger partial charge in [-0.15, -0.1) is 0 Å². The lowest BCUT2D eigenvalue weighted by molar-refractivity contribution is -0.151. The molecule has 0 spiro atoms. The highest BCUT2D eigenvalue weighted by Gasteiger charge is 2.48. The molecule has 0 unspecified atom stereocenters. The van der Waals surface area contributed by atoms with E-state index >= 15 is 0 Å². The quantitative estimate of drug-likeness (QED) is 0.114. The Hall–Kier alpha value is -7.67. The van der Waals surface area contributed by atoms with Gasteiger partial charge >= 0.3 is 0 Å². The number of hydrogen-bond acceptors (Lipinski definition) is 14. The summed E-state index contributed by atoms with van der Waals surface area (Å²) in [7, 11) is 0. The fourth-order valence-corrected chi connectivity index (χ4v) is 11.5. The summed E-state index contributed by atoms with van der Waals surface area (Å²) in [5.41, 5.74) is 6.57. The van der Waals surface area contributed by atoms with Crippen LogP contribution in [0.2, 0.25) is 0 Å². The number of fused-ring (bicyclic) bond motifs is 4. The SMILES string of the molecule is CC[C@H](C)[C@@H]1NC(=O)[C@@H]2CCCN2C(=O)[C@H]([C@@H](C)O)NC(=O)[C@H](CCC(N)=O)NC(=O)[C@H](Cc2ccccc2)NC(=O)[C@H](Cc2ccc(O)cc2)NC(=O)[C@@H]2CCCN2C(=O)[C@@H]2CCCN2C(=O)[C@@H]2CCCN2C(=O)[C@H](CO)NC1=O. The van der Waals surface area contributed by atoms with Gasteiger partial charge in [0.2, 0.25) is 65.0 Å². The van der Waals surface area contributed by atoms with Crippen LogP contribution in [0.15, 0.2) is 54.6 Å². The fourth-order valence-electron chi connectivity index (χ4n) is 11.5. The van der Waals surface area contributed by atoms with Gasteiger partial charge in [0.1, 0.15) is 66.2 Å². The molecule has 25 nitrogen and oxygen atoms in total. The van der Waals surface area contributed by atoms with Crippen molar-refractivity contribution in [3.63, 3.8) is 0 Å². The molecule has 5 aliphatic heterocycles. The summed E-state index contributed by atoms with van der Waals surface area (Å²) >= 11 is 0. The predicted octanol–water partition coefficient (Wildman–Crippen LogP) is -2.25. The number of benzene rings is 2. The Bertz CT molecular complexity index is 2660. The second-order valence-corrected chi connectivity index (χ2v) is 21.8. The summed E-state index contributed by atoms with van der Waals surface area (Å²) in [6, 6.07) is 0.920. The van der Waals surface area contributed by atoms with Crippen molar-refractivity contribution in [1.82, 2.24) is 51.5 Å². The van der Waals surface area contributed by atoms with Crippen molar-refractivity contribution in [3.05, 3.63) is 65.7 Å². The van der Waals surface area contributed by atoms with E-state index in [9.17, 15) is 68.1 Å². The normalized spacial score (nSPS) is 28.8. The first-order valence-electron chi connectivity index (χ1n) is 28.1. The number of carbonyl (C=O) groups excluding carboxylic acids is 11. The second-order valence-electron chi connectivity index (χ2n) is 21.8. The lowest BCUT2D eigenvalue weighted by Gasteiger charge is -2.35. The number of nitrogens with one attached hydrogen (secondary N) is 6. The van der Waals surface area contributed by atoms with Crippen LogP contribution in [0.1, 0.15) is 103 Å². The zero-order valence-electron chi connectivity index (χ0n) is 46.1. The largest absolute Gasteiger partial charge is 0.508 e. The lowest BCUT2D eigenvalue weighted by atomic mass is 9.97. The molecule has 2 aromatic rings. The minimum Gasteiger partial charge on any atom is -0.508 e. The van der Waals surface area contributed by atoms with Gasteiger partial charge in [-0.3, -0.25) is 52.7 Å². The first-order chi connectivity index (χ1) is 38.7. The molecule has 12 atom stereocenters. The van der Waals surface area contributed by atoms with Crippen molar-refractivity contribution < 1.29 is 68.1 Å². The Morgan fingerprint density at radius 1 is 0.531 bits per heavy atom. The Morgan fingerprint density at radius 2 is 0.951 bits per heavy atom. The van der Waals surface area contributed by atoms with Crippen molar-refractivity contribution in [2.24, 2.45) is 11.7 Å². The maximum absolute atomic E-state index is 14.8. The van der Waals surface area contributed by atoms with E-state index in [-0.39, 0.29) is 70.5 Å². The Labute approximate surface area is 469 Å². The van der Waals surface area contributed by atoms with Crippen molar-refractivity contribution in [2.75, 3.05) is 32.8 Å². The van der Waals surface area contributed by atoms with E-state index in [4.69, 9.17) is 5.73 Å². The number of primary amides is 1. The van der Waals surface area contributed by atoms with Gasteiger partial charge in [0.25, 0.3) is 0 Å². The number of aliphatic hydroxyl groups excluding tert-OH is 2. The molecule has 0 saturated carbocycles. The van der Waals surface area contributed by atoms with Crippen LogP contribution in [-0.4, -0.2) is 199 Å². The first kappa shape index (κ1) is 61.0. The first-order valence-corrected chi connectivity index (χ1v) is 28.1. The van der Waals surface area contributed by atoms with Crippen LogP contribution >= 0.6 is 0 Å². The van der Waals surface area contributed by atoms with Crippen molar-refractivity contribution in [3.8, 4) is 5.75 Å². The molecule has 11 N–H and O–H groups in total. The average molecular weight is 1130 g/mol. The number of phenols is 1. The molecule has 0 radical (unpaired) electrons. The minimum atomic E-state index is -1.72. The third-order valence-electron chi connectivity index (χ3n) is 16.2. The minimum absolute atomic E-state index is 0.00480. The monoisotopic (exact) mass is 1130 g/mol. The predicted molar refractivity (Wildman–Crippen MR) is 289 cm³/mol. The Balaban J connectivity index is 1.26.